The van der Waals surface area contributed by atoms with Crippen LogP contribution in [-0.2, 0) is 0 Å². The third-order valence-corrected chi connectivity index (χ3v) is 8.59. The molecule has 0 bridgehead atoms. The molecule has 44 heavy (non-hydrogen) atoms. The number of anilines is 3. The number of hydrogen-bond acceptors (Lipinski definition) is 8. The minimum absolute atomic E-state index is 0.0438. The normalized spacial score (nSPS) is 17.9. The predicted molar refractivity (Wildman–Crippen MR) is 162 cm³/mol. The molecule has 232 valence electrons. The van der Waals surface area contributed by atoms with E-state index in [2.05, 4.69) is 27.1 Å². The minimum Gasteiger partial charge on any atom is -0.492 e. The summed E-state index contributed by atoms with van der Waals surface area (Å²) in [5, 5.41) is 3.17. The highest BCUT2D eigenvalue weighted by Gasteiger charge is 2.32. The molecular formula is C32H36F2N6O4. The number of pyridine rings is 1. The van der Waals surface area contributed by atoms with Crippen molar-refractivity contribution in [3.8, 4) is 17.2 Å². The van der Waals surface area contributed by atoms with E-state index in [1.807, 2.05) is 11.8 Å². The third kappa shape index (κ3) is 5.79. The number of nitrogens with one attached hydrogen (secondary N) is 1. The molecule has 0 spiro atoms. The van der Waals surface area contributed by atoms with Crippen LogP contribution in [0.15, 0.2) is 42.6 Å². The van der Waals surface area contributed by atoms with E-state index in [-0.39, 0.29) is 17.3 Å². The molecule has 2 saturated heterocycles. The topological polar surface area (TPSA) is 90.5 Å². The average molecular weight is 607 g/mol. The Hall–Kier alpha value is -4.29. The van der Waals surface area contributed by atoms with E-state index < -0.39 is 28.9 Å². The zero-order valence-electron chi connectivity index (χ0n) is 25.1. The van der Waals surface area contributed by atoms with Gasteiger partial charge < -0.3 is 29.5 Å². The molecule has 0 aliphatic carbocycles. The number of fused-ring (bicyclic) bond motifs is 2. The summed E-state index contributed by atoms with van der Waals surface area (Å²) in [6.07, 6.45) is 3.72. The maximum Gasteiger partial charge on any atom is 0.265 e. The summed E-state index contributed by atoms with van der Waals surface area (Å²) in [4.78, 5) is 38.7. The number of carbonyl (C=O) groups is 2. The number of aromatic nitrogens is 1. The van der Waals surface area contributed by atoms with Crippen molar-refractivity contribution in [3.63, 3.8) is 0 Å². The van der Waals surface area contributed by atoms with Gasteiger partial charge in [-0.25, -0.2) is 13.8 Å². The number of piperidine rings is 1. The number of ether oxygens (including phenoxy) is 2. The van der Waals surface area contributed by atoms with Crippen molar-refractivity contribution in [2.24, 2.45) is 0 Å². The lowest BCUT2D eigenvalue weighted by Crippen LogP contribution is -2.54. The second-order valence-corrected chi connectivity index (χ2v) is 11.4. The summed E-state index contributed by atoms with van der Waals surface area (Å²) in [5.41, 5.74) is 0.843. The van der Waals surface area contributed by atoms with Gasteiger partial charge in [0.15, 0.2) is 17.3 Å². The maximum absolute atomic E-state index is 14.6. The Balaban J connectivity index is 1.18. The van der Waals surface area contributed by atoms with Crippen molar-refractivity contribution >= 4 is 29.0 Å². The number of likely N-dealkylation sites (tertiary alicyclic amines) is 1. The Morgan fingerprint density at radius 1 is 1.02 bits per heavy atom. The fraction of sp³-hybridized carbons (Fsp3) is 0.406. The molecular weight excluding hydrogens is 570 g/mol. The van der Waals surface area contributed by atoms with E-state index >= 15 is 0 Å². The van der Waals surface area contributed by atoms with Gasteiger partial charge in [0.2, 0.25) is 0 Å². The zero-order chi connectivity index (χ0) is 31.0. The van der Waals surface area contributed by atoms with Crippen molar-refractivity contribution < 1.29 is 27.8 Å². The Kier molecular flexibility index (Phi) is 8.37. The number of hydrogen-bond donors (Lipinski definition) is 1. The molecule has 4 heterocycles. The molecule has 2 amide bonds. The summed E-state index contributed by atoms with van der Waals surface area (Å²) in [6.45, 7) is 7.54. The lowest BCUT2D eigenvalue weighted by molar-refractivity contribution is 0.0475. The monoisotopic (exact) mass is 606 g/mol. The Bertz CT molecular complexity index is 1570. The van der Waals surface area contributed by atoms with Crippen LogP contribution >= 0.6 is 0 Å². The molecule has 6 rings (SSSR count). The smallest absolute Gasteiger partial charge is 0.265 e. The summed E-state index contributed by atoms with van der Waals surface area (Å²) in [6, 6.07) is 9.11. The Morgan fingerprint density at radius 2 is 1.75 bits per heavy atom. The molecule has 0 unspecified atom stereocenters. The third-order valence-electron chi connectivity index (χ3n) is 8.59. The van der Waals surface area contributed by atoms with Gasteiger partial charge in [-0.05, 0) is 70.2 Å². The molecule has 3 aliphatic heterocycles. The molecule has 12 heteroatoms. The van der Waals surface area contributed by atoms with E-state index in [0.717, 1.165) is 38.3 Å². The van der Waals surface area contributed by atoms with Crippen LogP contribution in [0.2, 0.25) is 0 Å². The second-order valence-electron chi connectivity index (χ2n) is 11.4. The van der Waals surface area contributed by atoms with Crippen molar-refractivity contribution in [2.45, 2.75) is 25.8 Å². The van der Waals surface area contributed by atoms with Gasteiger partial charge in [-0.2, -0.15) is 0 Å². The molecule has 3 aliphatic rings. The summed E-state index contributed by atoms with van der Waals surface area (Å²) >= 11 is 0. The molecule has 2 aromatic carbocycles. The summed E-state index contributed by atoms with van der Waals surface area (Å²) in [5.74, 6) is -2.12. The van der Waals surface area contributed by atoms with Gasteiger partial charge in [0.1, 0.15) is 28.6 Å². The number of halogens is 2. The van der Waals surface area contributed by atoms with Gasteiger partial charge in [0.05, 0.1) is 18.5 Å². The van der Waals surface area contributed by atoms with Gasteiger partial charge in [0, 0.05) is 50.9 Å². The van der Waals surface area contributed by atoms with Crippen molar-refractivity contribution in [2.75, 3.05) is 70.2 Å². The molecule has 2 fully saturated rings. The van der Waals surface area contributed by atoms with Gasteiger partial charge in [-0.15, -0.1) is 0 Å². The fourth-order valence-electron chi connectivity index (χ4n) is 6.06. The van der Waals surface area contributed by atoms with Gasteiger partial charge >= 0.3 is 0 Å². The summed E-state index contributed by atoms with van der Waals surface area (Å²) < 4.78 is 40.7. The van der Waals surface area contributed by atoms with E-state index in [0.29, 0.717) is 48.6 Å². The minimum atomic E-state index is -0.882. The van der Waals surface area contributed by atoms with Crippen LogP contribution in [0.3, 0.4) is 0 Å². The number of benzene rings is 2. The number of carbonyl (C=O) groups excluding carboxylic acids is 2. The van der Waals surface area contributed by atoms with Gasteiger partial charge in [-0.3, -0.25) is 14.5 Å². The lowest BCUT2D eigenvalue weighted by Gasteiger charge is -2.42. The molecule has 1 aromatic heterocycles. The maximum atomic E-state index is 14.6. The number of piperazine rings is 1. The fourth-order valence-corrected chi connectivity index (χ4v) is 6.06. The SMILES string of the molecule is CCOc1cc(C(=O)N2CCN(C3CCN(C)CC3)CC2)ccc1Nc1cc2c(cn1)N(C)C(=O)c1c(F)ccc(F)c1O2. The molecule has 3 aromatic rings. The first-order valence-electron chi connectivity index (χ1n) is 14.9. The predicted octanol–water partition coefficient (Wildman–Crippen LogP) is 4.74. The quantitative estimate of drug-likeness (QED) is 0.431. The van der Waals surface area contributed by atoms with Crippen molar-refractivity contribution in [3.05, 3.63) is 65.4 Å². The van der Waals surface area contributed by atoms with Crippen molar-refractivity contribution in [1.82, 2.24) is 19.7 Å². The number of amides is 2. The lowest BCUT2D eigenvalue weighted by atomic mass is 10.0. The molecule has 1 N–H and O–H groups in total. The number of nitrogens with zero attached hydrogens (tertiary/aromatic N) is 5. The first-order valence-corrected chi connectivity index (χ1v) is 14.9. The van der Waals surface area contributed by atoms with Crippen LogP contribution in [0.4, 0.5) is 26.0 Å². The van der Waals surface area contributed by atoms with Gasteiger partial charge in [-0.1, -0.05) is 0 Å². The van der Waals surface area contributed by atoms with Crippen LogP contribution in [0.1, 0.15) is 40.5 Å². The number of rotatable bonds is 6. The zero-order valence-corrected chi connectivity index (χ0v) is 25.1. The van der Waals surface area contributed by atoms with Crippen LogP contribution in [-0.4, -0.2) is 97.5 Å². The Morgan fingerprint density at radius 3 is 2.48 bits per heavy atom. The highest BCUT2D eigenvalue weighted by atomic mass is 19.1. The van der Waals surface area contributed by atoms with E-state index in [1.54, 1.807) is 18.2 Å². The van der Waals surface area contributed by atoms with E-state index in [1.165, 1.54) is 37.1 Å². The standard InChI is InChI=1S/C32H36F2N6O4/c1-4-43-26-17-20(31(41)40-15-13-39(14-16-40)21-9-11-37(2)12-10-21)5-8-24(26)36-28-18-27-25(19-35-28)38(3)32(42)29-22(33)6-7-23(34)30(29)44-27/h5-8,17-19,21H,4,9-16H2,1-3H3,(H,35,36). The summed E-state index contributed by atoms with van der Waals surface area (Å²) in [7, 11) is 3.60. The molecule has 0 atom stereocenters. The van der Waals surface area contributed by atoms with Crippen LogP contribution in [0, 0.1) is 11.6 Å². The highest BCUT2D eigenvalue weighted by Crippen LogP contribution is 2.42. The first-order chi connectivity index (χ1) is 21.2. The highest BCUT2D eigenvalue weighted by molar-refractivity contribution is 6.09. The molecule has 0 radical (unpaired) electrons. The van der Waals surface area contributed by atoms with Crippen molar-refractivity contribution in [1.29, 1.82) is 0 Å². The molecule has 10 nitrogen and oxygen atoms in total. The first kappa shape index (κ1) is 29.8. The van der Waals surface area contributed by atoms with E-state index in [9.17, 15) is 18.4 Å². The van der Waals surface area contributed by atoms with E-state index in [4.69, 9.17) is 9.47 Å². The van der Waals surface area contributed by atoms with Crippen LogP contribution < -0.4 is 19.7 Å². The largest absolute Gasteiger partial charge is 0.492 e. The Labute approximate surface area is 255 Å². The second kappa shape index (κ2) is 12.4. The van der Waals surface area contributed by atoms with Crippen LogP contribution in [0.25, 0.3) is 0 Å². The average Bonchev–Trinajstić information content (AvgIpc) is 3.14. The molecule has 0 saturated carbocycles. The van der Waals surface area contributed by atoms with Gasteiger partial charge in [0.25, 0.3) is 11.8 Å². The van der Waals surface area contributed by atoms with Crippen LogP contribution in [0.5, 0.6) is 17.2 Å².